The molecule has 3 nitrogen and oxygen atoms in total. The highest BCUT2D eigenvalue weighted by atomic mass is 32.1. The van der Waals surface area contributed by atoms with E-state index >= 15 is 0 Å². The number of nitrogens with one attached hydrogen (secondary N) is 1. The molecule has 0 spiro atoms. The second kappa shape index (κ2) is 3.84. The lowest BCUT2D eigenvalue weighted by atomic mass is 10.0. The fourth-order valence-corrected chi connectivity index (χ4v) is 1.81. The van der Waals surface area contributed by atoms with Gasteiger partial charge in [-0.15, -0.1) is 0 Å². The van der Waals surface area contributed by atoms with Gasteiger partial charge in [0.2, 0.25) is 0 Å². The van der Waals surface area contributed by atoms with Crippen molar-refractivity contribution in [3.63, 3.8) is 0 Å². The van der Waals surface area contributed by atoms with Gasteiger partial charge in [0.05, 0.1) is 12.6 Å². The summed E-state index contributed by atoms with van der Waals surface area (Å²) in [5, 5.41) is 3.41. The third-order valence-corrected chi connectivity index (χ3v) is 2.39. The third-order valence-electron chi connectivity index (χ3n) is 2.28. The maximum Gasteiger partial charge on any atom is 0.164 e. The minimum atomic E-state index is 0.192. The Morgan fingerprint density at radius 2 is 2.29 bits per heavy atom. The summed E-state index contributed by atoms with van der Waals surface area (Å²) in [6, 6.07) is 8.13. The summed E-state index contributed by atoms with van der Waals surface area (Å²) in [5.41, 5.74) is 6.59. The molecule has 0 radical (unpaired) electrons. The Morgan fingerprint density at radius 1 is 1.50 bits per heavy atom. The normalized spacial score (nSPS) is 19.3. The SMILES string of the molecule is NC(=S)NC1CCOc2ccccc21. The second-order valence-corrected chi connectivity index (χ2v) is 3.68. The molecule has 0 aliphatic carbocycles. The van der Waals surface area contributed by atoms with E-state index < -0.39 is 0 Å². The van der Waals surface area contributed by atoms with Crippen LogP contribution in [0.1, 0.15) is 18.0 Å². The molecular weight excluding hydrogens is 196 g/mol. The lowest BCUT2D eigenvalue weighted by Gasteiger charge is -2.26. The van der Waals surface area contributed by atoms with Crippen molar-refractivity contribution in [2.75, 3.05) is 6.61 Å². The topological polar surface area (TPSA) is 47.3 Å². The van der Waals surface area contributed by atoms with E-state index in [4.69, 9.17) is 22.7 Å². The molecule has 1 aliphatic heterocycles. The Kier molecular flexibility index (Phi) is 2.54. The maximum absolute atomic E-state index is 5.51. The fraction of sp³-hybridized carbons (Fsp3) is 0.300. The number of rotatable bonds is 1. The molecule has 3 N–H and O–H groups in total. The van der Waals surface area contributed by atoms with Gasteiger partial charge in [-0.05, 0) is 18.3 Å². The first kappa shape index (κ1) is 9.27. The molecule has 0 saturated carbocycles. The Hall–Kier alpha value is -1.29. The van der Waals surface area contributed by atoms with Crippen LogP contribution in [0.4, 0.5) is 0 Å². The van der Waals surface area contributed by atoms with Gasteiger partial charge >= 0.3 is 0 Å². The average molecular weight is 208 g/mol. The zero-order valence-electron chi connectivity index (χ0n) is 7.69. The molecule has 0 amide bonds. The van der Waals surface area contributed by atoms with Crippen LogP contribution in [0, 0.1) is 0 Å². The van der Waals surface area contributed by atoms with Crippen molar-refractivity contribution in [2.24, 2.45) is 5.73 Å². The lowest BCUT2D eigenvalue weighted by Crippen LogP contribution is -2.35. The predicted octanol–water partition coefficient (Wildman–Crippen LogP) is 1.34. The van der Waals surface area contributed by atoms with Gasteiger partial charge < -0.3 is 15.8 Å². The molecular formula is C10H12N2OS. The summed E-state index contributed by atoms with van der Waals surface area (Å²) in [7, 11) is 0. The Bertz CT molecular complexity index is 354. The van der Waals surface area contributed by atoms with Gasteiger partial charge in [0, 0.05) is 12.0 Å². The van der Waals surface area contributed by atoms with Gasteiger partial charge in [-0.3, -0.25) is 0 Å². The highest BCUT2D eigenvalue weighted by Gasteiger charge is 2.20. The van der Waals surface area contributed by atoms with E-state index in [0.717, 1.165) is 17.7 Å². The monoisotopic (exact) mass is 208 g/mol. The first-order chi connectivity index (χ1) is 6.77. The van der Waals surface area contributed by atoms with Crippen LogP contribution in [0.25, 0.3) is 0 Å². The standard InChI is InChI=1S/C10H12N2OS/c11-10(14)12-8-5-6-13-9-4-2-1-3-7(8)9/h1-4,8H,5-6H2,(H3,11,12,14). The van der Waals surface area contributed by atoms with Crippen LogP contribution in [0.15, 0.2) is 24.3 Å². The highest BCUT2D eigenvalue weighted by Crippen LogP contribution is 2.31. The lowest BCUT2D eigenvalue weighted by molar-refractivity contribution is 0.262. The van der Waals surface area contributed by atoms with Gasteiger partial charge in [-0.2, -0.15) is 0 Å². The molecule has 2 rings (SSSR count). The zero-order valence-corrected chi connectivity index (χ0v) is 8.51. The van der Waals surface area contributed by atoms with E-state index in [1.807, 2.05) is 24.3 Å². The van der Waals surface area contributed by atoms with Crippen molar-refractivity contribution >= 4 is 17.3 Å². The predicted molar refractivity (Wildman–Crippen MR) is 59.2 cm³/mol. The molecule has 1 heterocycles. The van der Waals surface area contributed by atoms with Crippen LogP contribution >= 0.6 is 12.2 Å². The van der Waals surface area contributed by atoms with E-state index in [2.05, 4.69) is 5.32 Å². The number of ether oxygens (including phenoxy) is 1. The van der Waals surface area contributed by atoms with Crippen LogP contribution in [0.3, 0.4) is 0 Å². The van der Waals surface area contributed by atoms with Gasteiger partial charge in [-0.1, -0.05) is 18.2 Å². The first-order valence-electron chi connectivity index (χ1n) is 4.55. The van der Waals surface area contributed by atoms with E-state index in [1.165, 1.54) is 0 Å². The molecule has 1 aromatic carbocycles. The van der Waals surface area contributed by atoms with Crippen molar-refractivity contribution in [1.29, 1.82) is 0 Å². The minimum absolute atomic E-state index is 0.192. The number of benzene rings is 1. The summed E-state index contributed by atoms with van der Waals surface area (Å²) in [6.07, 6.45) is 0.897. The average Bonchev–Trinajstić information content (AvgIpc) is 2.18. The van der Waals surface area contributed by atoms with E-state index in [1.54, 1.807) is 0 Å². The molecule has 14 heavy (non-hydrogen) atoms. The molecule has 0 aromatic heterocycles. The Balaban J connectivity index is 2.26. The Labute approximate surface area is 88.2 Å². The van der Waals surface area contributed by atoms with Crippen LogP contribution in [-0.4, -0.2) is 11.7 Å². The fourth-order valence-electron chi connectivity index (χ4n) is 1.66. The molecule has 74 valence electrons. The van der Waals surface area contributed by atoms with Crippen LogP contribution in [0.5, 0.6) is 5.75 Å². The summed E-state index contributed by atoms with van der Waals surface area (Å²) in [5.74, 6) is 0.924. The second-order valence-electron chi connectivity index (χ2n) is 3.24. The van der Waals surface area contributed by atoms with Crippen molar-refractivity contribution in [3.05, 3.63) is 29.8 Å². The molecule has 1 aliphatic rings. The highest BCUT2D eigenvalue weighted by molar-refractivity contribution is 7.80. The van der Waals surface area contributed by atoms with E-state index in [-0.39, 0.29) is 6.04 Å². The van der Waals surface area contributed by atoms with Crippen molar-refractivity contribution in [2.45, 2.75) is 12.5 Å². The quantitative estimate of drug-likeness (QED) is 0.684. The summed E-state index contributed by atoms with van der Waals surface area (Å²) >= 11 is 4.83. The number of fused-ring (bicyclic) bond motifs is 1. The van der Waals surface area contributed by atoms with Crippen molar-refractivity contribution in [1.82, 2.24) is 5.32 Å². The summed E-state index contributed by atoms with van der Waals surface area (Å²) < 4.78 is 5.51. The number of hydrogen-bond acceptors (Lipinski definition) is 2. The number of nitrogens with two attached hydrogens (primary N) is 1. The van der Waals surface area contributed by atoms with Gasteiger partial charge in [0.1, 0.15) is 5.75 Å². The molecule has 1 aromatic rings. The molecule has 1 atom stereocenters. The molecule has 0 saturated heterocycles. The molecule has 1 unspecified atom stereocenters. The number of para-hydroxylation sites is 1. The Morgan fingerprint density at radius 3 is 3.07 bits per heavy atom. The van der Waals surface area contributed by atoms with Crippen molar-refractivity contribution < 1.29 is 4.74 Å². The molecule has 0 fully saturated rings. The zero-order chi connectivity index (χ0) is 9.97. The largest absolute Gasteiger partial charge is 0.493 e. The molecule has 0 bridgehead atoms. The van der Waals surface area contributed by atoms with Gasteiger partial charge in [-0.25, -0.2) is 0 Å². The smallest absolute Gasteiger partial charge is 0.164 e. The minimum Gasteiger partial charge on any atom is -0.493 e. The number of hydrogen-bond donors (Lipinski definition) is 2. The maximum atomic E-state index is 5.51. The van der Waals surface area contributed by atoms with Gasteiger partial charge in [0.25, 0.3) is 0 Å². The van der Waals surface area contributed by atoms with Crippen LogP contribution in [-0.2, 0) is 0 Å². The van der Waals surface area contributed by atoms with E-state index in [9.17, 15) is 0 Å². The summed E-state index contributed by atoms with van der Waals surface area (Å²) in [4.78, 5) is 0. The number of thiocarbonyl (C=S) groups is 1. The van der Waals surface area contributed by atoms with Crippen LogP contribution < -0.4 is 15.8 Å². The van der Waals surface area contributed by atoms with Crippen molar-refractivity contribution in [3.8, 4) is 5.75 Å². The van der Waals surface area contributed by atoms with Gasteiger partial charge in [0.15, 0.2) is 5.11 Å². The first-order valence-corrected chi connectivity index (χ1v) is 4.96. The summed E-state index contributed by atoms with van der Waals surface area (Å²) in [6.45, 7) is 0.706. The third kappa shape index (κ3) is 1.80. The van der Waals surface area contributed by atoms with E-state index in [0.29, 0.717) is 11.7 Å². The van der Waals surface area contributed by atoms with Crippen LogP contribution in [0.2, 0.25) is 0 Å². The molecule has 4 heteroatoms.